The molecule has 0 N–H and O–H groups in total. The molecule has 0 bridgehead atoms. The third kappa shape index (κ3) is 2.79. The van der Waals surface area contributed by atoms with Gasteiger partial charge in [-0.05, 0) is 31.1 Å². The van der Waals surface area contributed by atoms with E-state index in [-0.39, 0.29) is 24.4 Å². The summed E-state index contributed by atoms with van der Waals surface area (Å²) < 4.78 is 16.6. The smallest absolute Gasteiger partial charge is 0.410 e. The zero-order valence-corrected chi connectivity index (χ0v) is 12.4. The first-order valence-corrected chi connectivity index (χ1v) is 7.84. The molecule has 0 radical (unpaired) electrons. The van der Waals surface area contributed by atoms with Gasteiger partial charge in [0.25, 0.3) is 0 Å². The van der Waals surface area contributed by atoms with E-state index in [2.05, 4.69) is 13.8 Å². The summed E-state index contributed by atoms with van der Waals surface area (Å²) in [5, 5.41) is 0. The number of hydrogen-bond donors (Lipinski definition) is 0. The number of carbonyl (C=O) groups is 1. The fraction of sp³-hybridized carbons (Fsp3) is 0.933. The number of fused-ring (bicyclic) bond motifs is 1. The van der Waals surface area contributed by atoms with Gasteiger partial charge in [-0.15, -0.1) is 0 Å². The molecule has 3 rings (SSSR count). The Balaban J connectivity index is 1.48. The zero-order chi connectivity index (χ0) is 14.1. The quantitative estimate of drug-likeness (QED) is 0.780. The molecule has 3 atom stereocenters. The summed E-state index contributed by atoms with van der Waals surface area (Å²) in [6.45, 7) is 7.34. The lowest BCUT2D eigenvalue weighted by molar-refractivity contribution is -0.0907. The fourth-order valence-electron chi connectivity index (χ4n) is 3.50. The van der Waals surface area contributed by atoms with Crippen LogP contribution in [0.1, 0.15) is 33.1 Å². The molecule has 0 aromatic heterocycles. The highest BCUT2D eigenvalue weighted by Gasteiger charge is 2.44. The summed E-state index contributed by atoms with van der Waals surface area (Å²) in [5.41, 5.74) is 0. The lowest BCUT2D eigenvalue weighted by Crippen LogP contribution is -2.42. The van der Waals surface area contributed by atoms with Crippen molar-refractivity contribution in [1.82, 2.24) is 4.90 Å². The van der Waals surface area contributed by atoms with Crippen molar-refractivity contribution in [2.75, 3.05) is 26.3 Å². The SMILES string of the molecule is CC(C)C1CCN(C(=O)OC2COC3OCCC23)CC1. The first-order valence-electron chi connectivity index (χ1n) is 7.84. The predicted octanol–water partition coefficient (Wildman–Crippen LogP) is 2.25. The highest BCUT2D eigenvalue weighted by molar-refractivity contribution is 5.68. The Morgan fingerprint density at radius 2 is 1.95 bits per heavy atom. The van der Waals surface area contributed by atoms with E-state index >= 15 is 0 Å². The minimum absolute atomic E-state index is 0.127. The summed E-state index contributed by atoms with van der Waals surface area (Å²) >= 11 is 0. The third-order valence-electron chi connectivity index (χ3n) is 4.98. The van der Waals surface area contributed by atoms with Crippen LogP contribution in [0.2, 0.25) is 0 Å². The van der Waals surface area contributed by atoms with E-state index in [1.165, 1.54) is 0 Å². The molecule has 3 unspecified atom stereocenters. The van der Waals surface area contributed by atoms with Crippen LogP contribution in [-0.4, -0.2) is 49.7 Å². The number of nitrogens with zero attached hydrogens (tertiary/aromatic N) is 1. The maximum absolute atomic E-state index is 12.2. The summed E-state index contributed by atoms with van der Waals surface area (Å²) in [7, 11) is 0. The van der Waals surface area contributed by atoms with Crippen LogP contribution in [0.25, 0.3) is 0 Å². The second-order valence-corrected chi connectivity index (χ2v) is 6.52. The molecule has 1 amide bonds. The van der Waals surface area contributed by atoms with Gasteiger partial charge in [-0.3, -0.25) is 0 Å². The van der Waals surface area contributed by atoms with Gasteiger partial charge in [0.05, 0.1) is 19.1 Å². The number of rotatable bonds is 2. The van der Waals surface area contributed by atoms with Gasteiger partial charge in [-0.25, -0.2) is 4.79 Å². The highest BCUT2D eigenvalue weighted by atomic mass is 16.7. The van der Waals surface area contributed by atoms with Gasteiger partial charge < -0.3 is 19.1 Å². The van der Waals surface area contributed by atoms with Gasteiger partial charge in [-0.1, -0.05) is 13.8 Å². The first kappa shape index (κ1) is 14.1. The fourth-order valence-corrected chi connectivity index (χ4v) is 3.50. The van der Waals surface area contributed by atoms with Crippen molar-refractivity contribution in [1.29, 1.82) is 0 Å². The van der Waals surface area contributed by atoms with Gasteiger partial charge in [-0.2, -0.15) is 0 Å². The molecular formula is C15H25NO4. The summed E-state index contributed by atoms with van der Waals surface area (Å²) in [4.78, 5) is 14.1. The number of hydrogen-bond acceptors (Lipinski definition) is 4. The van der Waals surface area contributed by atoms with Crippen molar-refractivity contribution in [3.63, 3.8) is 0 Å². The Hall–Kier alpha value is -0.810. The van der Waals surface area contributed by atoms with E-state index in [9.17, 15) is 4.79 Å². The molecular weight excluding hydrogens is 258 g/mol. The second kappa shape index (κ2) is 5.90. The van der Waals surface area contributed by atoms with E-state index in [1.807, 2.05) is 4.90 Å². The van der Waals surface area contributed by atoms with Crippen LogP contribution in [0.5, 0.6) is 0 Å². The molecule has 5 heteroatoms. The predicted molar refractivity (Wildman–Crippen MR) is 73.2 cm³/mol. The lowest BCUT2D eigenvalue weighted by Gasteiger charge is -2.34. The molecule has 3 aliphatic heterocycles. The van der Waals surface area contributed by atoms with Crippen LogP contribution >= 0.6 is 0 Å². The van der Waals surface area contributed by atoms with Crippen LogP contribution in [0.15, 0.2) is 0 Å². The van der Waals surface area contributed by atoms with Crippen LogP contribution in [-0.2, 0) is 14.2 Å². The number of carbonyl (C=O) groups excluding carboxylic acids is 1. The van der Waals surface area contributed by atoms with E-state index < -0.39 is 0 Å². The van der Waals surface area contributed by atoms with Gasteiger partial charge >= 0.3 is 6.09 Å². The Morgan fingerprint density at radius 3 is 2.65 bits per heavy atom. The van der Waals surface area contributed by atoms with Crippen molar-refractivity contribution in [2.45, 2.75) is 45.5 Å². The Kier molecular flexibility index (Phi) is 4.17. The number of ether oxygens (including phenoxy) is 3. The van der Waals surface area contributed by atoms with Crippen molar-refractivity contribution in [2.24, 2.45) is 17.8 Å². The monoisotopic (exact) mass is 283 g/mol. The van der Waals surface area contributed by atoms with Crippen LogP contribution < -0.4 is 0 Å². The molecule has 0 aliphatic carbocycles. The number of piperidine rings is 1. The minimum atomic E-state index is -0.173. The van der Waals surface area contributed by atoms with Crippen LogP contribution in [0.4, 0.5) is 4.79 Å². The molecule has 3 fully saturated rings. The van der Waals surface area contributed by atoms with Crippen LogP contribution in [0.3, 0.4) is 0 Å². The van der Waals surface area contributed by atoms with Crippen molar-refractivity contribution < 1.29 is 19.0 Å². The molecule has 0 spiro atoms. The molecule has 3 heterocycles. The normalized spacial score (nSPS) is 34.5. The molecule has 3 aliphatic rings. The van der Waals surface area contributed by atoms with Gasteiger partial charge in [0, 0.05) is 13.1 Å². The minimum Gasteiger partial charge on any atom is -0.443 e. The first-order chi connectivity index (χ1) is 9.65. The second-order valence-electron chi connectivity index (χ2n) is 6.52. The Labute approximate surface area is 120 Å². The van der Waals surface area contributed by atoms with E-state index in [0.29, 0.717) is 19.1 Å². The highest BCUT2D eigenvalue weighted by Crippen LogP contribution is 2.33. The number of likely N-dealkylation sites (tertiary alicyclic amines) is 1. The van der Waals surface area contributed by atoms with Crippen molar-refractivity contribution in [3.8, 4) is 0 Å². The standard InChI is InChI=1S/C15H25NO4/c1-10(2)11-3-6-16(7-4-11)15(17)20-13-9-19-14-12(13)5-8-18-14/h10-14H,3-9H2,1-2H3. The summed E-state index contributed by atoms with van der Waals surface area (Å²) in [6, 6.07) is 0. The van der Waals surface area contributed by atoms with E-state index in [4.69, 9.17) is 14.2 Å². The molecule has 20 heavy (non-hydrogen) atoms. The maximum atomic E-state index is 12.2. The van der Waals surface area contributed by atoms with Crippen molar-refractivity contribution >= 4 is 6.09 Å². The Morgan fingerprint density at radius 1 is 1.20 bits per heavy atom. The zero-order valence-electron chi connectivity index (χ0n) is 12.4. The Bertz CT molecular complexity index is 352. The van der Waals surface area contributed by atoms with Gasteiger partial charge in [0.1, 0.15) is 6.10 Å². The third-order valence-corrected chi connectivity index (χ3v) is 4.98. The van der Waals surface area contributed by atoms with Crippen LogP contribution in [0, 0.1) is 17.8 Å². The molecule has 0 aromatic carbocycles. The van der Waals surface area contributed by atoms with Gasteiger partial charge in [0.2, 0.25) is 0 Å². The average Bonchev–Trinajstić information content (AvgIpc) is 3.04. The van der Waals surface area contributed by atoms with E-state index in [0.717, 1.165) is 38.3 Å². The number of amides is 1. The molecule has 0 aromatic rings. The van der Waals surface area contributed by atoms with Gasteiger partial charge in [0.15, 0.2) is 6.29 Å². The van der Waals surface area contributed by atoms with E-state index in [1.54, 1.807) is 0 Å². The molecule has 3 saturated heterocycles. The topological polar surface area (TPSA) is 48.0 Å². The lowest BCUT2D eigenvalue weighted by atomic mass is 9.87. The molecule has 114 valence electrons. The summed E-state index contributed by atoms with van der Waals surface area (Å²) in [6.07, 6.45) is 2.65. The largest absolute Gasteiger partial charge is 0.443 e. The van der Waals surface area contributed by atoms with Crippen molar-refractivity contribution in [3.05, 3.63) is 0 Å². The molecule has 5 nitrogen and oxygen atoms in total. The average molecular weight is 283 g/mol. The maximum Gasteiger partial charge on any atom is 0.410 e. The molecule has 0 saturated carbocycles. The summed E-state index contributed by atoms with van der Waals surface area (Å²) in [5.74, 6) is 1.67.